The molecule has 0 rings (SSSR count). The third-order valence-electron chi connectivity index (χ3n) is 2.13. The Balaban J connectivity index is 3.83. The highest BCUT2D eigenvalue weighted by molar-refractivity contribution is 6.21. The van der Waals surface area contributed by atoms with Crippen molar-refractivity contribution in [3.05, 3.63) is 0 Å². The fraction of sp³-hybridized carbons (Fsp3) is 0.889. The van der Waals surface area contributed by atoms with Gasteiger partial charge in [-0.15, -0.1) is 0 Å². The monoisotopic (exact) mass is 207 g/mol. The standard InChI is InChI=1S/C9H18ClNO2/c1-3-5-6-7(4-2)8(10)11-9(12)13/h7-8,11H,3-6H2,1-2H3,(H,12,13). The zero-order valence-corrected chi connectivity index (χ0v) is 8.97. The molecule has 2 unspecified atom stereocenters. The zero-order chi connectivity index (χ0) is 10.3. The lowest BCUT2D eigenvalue weighted by Crippen LogP contribution is -2.35. The van der Waals surface area contributed by atoms with Gasteiger partial charge in [0.05, 0.1) is 0 Å². The SMILES string of the molecule is CCCCC(CC)C(Cl)NC(=O)O. The van der Waals surface area contributed by atoms with Gasteiger partial charge < -0.3 is 10.4 Å². The van der Waals surface area contributed by atoms with Crippen molar-refractivity contribution in [3.63, 3.8) is 0 Å². The molecule has 0 aliphatic carbocycles. The van der Waals surface area contributed by atoms with E-state index >= 15 is 0 Å². The van der Waals surface area contributed by atoms with Gasteiger partial charge >= 0.3 is 6.09 Å². The van der Waals surface area contributed by atoms with E-state index in [1.807, 2.05) is 6.92 Å². The topological polar surface area (TPSA) is 49.3 Å². The molecule has 0 heterocycles. The number of alkyl halides is 1. The lowest BCUT2D eigenvalue weighted by molar-refractivity contribution is 0.189. The molecule has 0 aliphatic rings. The van der Waals surface area contributed by atoms with Gasteiger partial charge in [0.1, 0.15) is 5.50 Å². The highest BCUT2D eigenvalue weighted by Gasteiger charge is 2.18. The van der Waals surface area contributed by atoms with Crippen LogP contribution in [0.5, 0.6) is 0 Å². The van der Waals surface area contributed by atoms with Gasteiger partial charge in [-0.1, -0.05) is 44.7 Å². The normalized spacial score (nSPS) is 15.0. The molecular weight excluding hydrogens is 190 g/mol. The van der Waals surface area contributed by atoms with Gasteiger partial charge in [-0.25, -0.2) is 4.79 Å². The molecule has 0 aliphatic heterocycles. The average molecular weight is 208 g/mol. The molecule has 2 N–H and O–H groups in total. The molecule has 4 heteroatoms. The Morgan fingerprint density at radius 1 is 1.54 bits per heavy atom. The first kappa shape index (κ1) is 12.6. The van der Waals surface area contributed by atoms with Gasteiger partial charge in [-0.2, -0.15) is 0 Å². The Morgan fingerprint density at radius 3 is 2.54 bits per heavy atom. The minimum Gasteiger partial charge on any atom is -0.465 e. The molecule has 0 radical (unpaired) electrons. The molecule has 0 spiro atoms. The third-order valence-corrected chi connectivity index (χ3v) is 2.59. The molecule has 0 saturated heterocycles. The van der Waals surface area contributed by atoms with Crippen LogP contribution >= 0.6 is 11.6 Å². The average Bonchev–Trinajstić information content (AvgIpc) is 2.04. The number of carboxylic acid groups (broad SMARTS) is 1. The molecule has 0 aromatic rings. The van der Waals surface area contributed by atoms with E-state index in [4.69, 9.17) is 16.7 Å². The van der Waals surface area contributed by atoms with Crippen molar-refractivity contribution in [3.8, 4) is 0 Å². The Hall–Kier alpha value is -0.440. The van der Waals surface area contributed by atoms with Crippen LogP contribution in [-0.2, 0) is 0 Å². The van der Waals surface area contributed by atoms with E-state index in [1.165, 1.54) is 0 Å². The van der Waals surface area contributed by atoms with Gasteiger partial charge in [0.25, 0.3) is 0 Å². The Morgan fingerprint density at radius 2 is 2.15 bits per heavy atom. The van der Waals surface area contributed by atoms with Crippen LogP contribution in [0.1, 0.15) is 39.5 Å². The van der Waals surface area contributed by atoms with E-state index in [2.05, 4.69) is 12.2 Å². The van der Waals surface area contributed by atoms with Crippen molar-refractivity contribution < 1.29 is 9.90 Å². The van der Waals surface area contributed by atoms with Crippen molar-refractivity contribution in [2.75, 3.05) is 0 Å². The van der Waals surface area contributed by atoms with Crippen LogP contribution in [0.3, 0.4) is 0 Å². The van der Waals surface area contributed by atoms with Crippen molar-refractivity contribution in [2.45, 2.75) is 45.0 Å². The summed E-state index contributed by atoms with van der Waals surface area (Å²) in [5.41, 5.74) is -0.450. The highest BCUT2D eigenvalue weighted by Crippen LogP contribution is 2.19. The first-order valence-electron chi connectivity index (χ1n) is 4.75. The van der Waals surface area contributed by atoms with Gasteiger partial charge in [0.2, 0.25) is 0 Å². The van der Waals surface area contributed by atoms with Crippen molar-refractivity contribution in [1.29, 1.82) is 0 Å². The third kappa shape index (κ3) is 5.75. The second kappa shape index (κ2) is 7.01. The molecule has 0 fully saturated rings. The number of hydrogen-bond acceptors (Lipinski definition) is 1. The highest BCUT2D eigenvalue weighted by atomic mass is 35.5. The van der Waals surface area contributed by atoms with Crippen LogP contribution in [0.15, 0.2) is 0 Å². The number of hydrogen-bond donors (Lipinski definition) is 2. The molecule has 3 nitrogen and oxygen atoms in total. The van der Waals surface area contributed by atoms with Crippen molar-refractivity contribution in [2.24, 2.45) is 5.92 Å². The number of halogens is 1. The molecular formula is C9H18ClNO2. The van der Waals surface area contributed by atoms with Gasteiger partial charge in [0, 0.05) is 0 Å². The first-order valence-corrected chi connectivity index (χ1v) is 5.19. The predicted octanol–water partition coefficient (Wildman–Crippen LogP) is 3.04. The van der Waals surface area contributed by atoms with E-state index < -0.39 is 11.6 Å². The van der Waals surface area contributed by atoms with Crippen LogP contribution in [0.2, 0.25) is 0 Å². The number of rotatable bonds is 6. The summed E-state index contributed by atoms with van der Waals surface area (Å²) in [6.45, 7) is 4.14. The molecule has 0 saturated carbocycles. The maximum atomic E-state index is 10.3. The van der Waals surface area contributed by atoms with E-state index in [0.717, 1.165) is 25.7 Å². The predicted molar refractivity (Wildman–Crippen MR) is 54.1 cm³/mol. The van der Waals surface area contributed by atoms with Crippen LogP contribution < -0.4 is 5.32 Å². The quantitative estimate of drug-likeness (QED) is 0.520. The second-order valence-corrected chi connectivity index (χ2v) is 3.63. The number of carbonyl (C=O) groups is 1. The molecule has 78 valence electrons. The van der Waals surface area contributed by atoms with Gasteiger partial charge in [-0.05, 0) is 12.3 Å². The summed E-state index contributed by atoms with van der Waals surface area (Å²) in [6.07, 6.45) is 3.07. The van der Waals surface area contributed by atoms with E-state index in [9.17, 15) is 4.79 Å². The number of amides is 1. The minimum absolute atomic E-state index is 0.248. The maximum absolute atomic E-state index is 10.3. The summed E-state index contributed by atoms with van der Waals surface area (Å²) >= 11 is 5.89. The second-order valence-electron chi connectivity index (χ2n) is 3.16. The van der Waals surface area contributed by atoms with Crippen LogP contribution in [0.4, 0.5) is 4.79 Å². The van der Waals surface area contributed by atoms with Crippen molar-refractivity contribution in [1.82, 2.24) is 5.32 Å². The van der Waals surface area contributed by atoms with Crippen LogP contribution in [0.25, 0.3) is 0 Å². The fourth-order valence-electron chi connectivity index (χ4n) is 1.26. The smallest absolute Gasteiger partial charge is 0.405 e. The summed E-state index contributed by atoms with van der Waals surface area (Å²) in [5, 5.41) is 10.7. The summed E-state index contributed by atoms with van der Waals surface area (Å²) in [6, 6.07) is 0. The van der Waals surface area contributed by atoms with Gasteiger partial charge in [0.15, 0.2) is 0 Å². The summed E-state index contributed by atoms with van der Waals surface area (Å²) in [5.74, 6) is 0.248. The largest absolute Gasteiger partial charge is 0.465 e. The molecule has 2 atom stereocenters. The molecule has 0 bridgehead atoms. The molecule has 0 aromatic carbocycles. The zero-order valence-electron chi connectivity index (χ0n) is 8.22. The first-order chi connectivity index (χ1) is 6.11. The number of nitrogens with one attached hydrogen (secondary N) is 1. The maximum Gasteiger partial charge on any atom is 0.405 e. The Bertz CT molecular complexity index is 153. The summed E-state index contributed by atoms with van der Waals surface area (Å²) in [4.78, 5) is 10.3. The Labute approximate surface area is 84.5 Å². The van der Waals surface area contributed by atoms with Crippen molar-refractivity contribution >= 4 is 17.7 Å². The van der Waals surface area contributed by atoms with Gasteiger partial charge in [-0.3, -0.25) is 0 Å². The number of unbranched alkanes of at least 4 members (excludes halogenated alkanes) is 1. The molecule has 0 aromatic heterocycles. The minimum atomic E-state index is -1.05. The van der Waals surface area contributed by atoms with E-state index in [-0.39, 0.29) is 5.92 Å². The van der Waals surface area contributed by atoms with E-state index in [1.54, 1.807) is 0 Å². The Kier molecular flexibility index (Phi) is 6.77. The van der Waals surface area contributed by atoms with Crippen LogP contribution in [-0.4, -0.2) is 16.7 Å². The summed E-state index contributed by atoms with van der Waals surface area (Å²) < 4.78 is 0. The van der Waals surface area contributed by atoms with Crippen LogP contribution in [0, 0.1) is 5.92 Å². The molecule has 1 amide bonds. The molecule has 13 heavy (non-hydrogen) atoms. The van der Waals surface area contributed by atoms with E-state index in [0.29, 0.717) is 0 Å². The summed E-state index contributed by atoms with van der Waals surface area (Å²) in [7, 11) is 0. The lowest BCUT2D eigenvalue weighted by atomic mass is 9.99. The fourth-order valence-corrected chi connectivity index (χ4v) is 1.66. The lowest BCUT2D eigenvalue weighted by Gasteiger charge is -2.20.